The molecule has 2 unspecified atom stereocenters. The number of rotatable bonds is 2. The molecule has 5 heterocycles. The molecule has 3 aromatic rings. The fourth-order valence-electron chi connectivity index (χ4n) is 4.38. The van der Waals surface area contributed by atoms with Crippen LogP contribution < -0.4 is 10.2 Å². The summed E-state index contributed by atoms with van der Waals surface area (Å²) in [6.45, 7) is 2.44. The van der Waals surface area contributed by atoms with Gasteiger partial charge in [-0.05, 0) is 42.1 Å². The van der Waals surface area contributed by atoms with Crippen LogP contribution >= 0.6 is 0 Å². The third-order valence-corrected chi connectivity index (χ3v) is 5.70. The van der Waals surface area contributed by atoms with Crippen LogP contribution in [0.4, 0.5) is 11.5 Å². The van der Waals surface area contributed by atoms with E-state index in [1.807, 2.05) is 18.5 Å². The number of nitrogens with zero attached hydrogens (tertiary/aromatic N) is 4. The molecule has 2 fully saturated rings. The zero-order valence-corrected chi connectivity index (χ0v) is 14.8. The summed E-state index contributed by atoms with van der Waals surface area (Å²) in [5.74, 6) is 1.91. The zero-order chi connectivity index (χ0) is 17.8. The summed E-state index contributed by atoms with van der Waals surface area (Å²) in [5.41, 5.74) is 3.13. The van der Waals surface area contributed by atoms with E-state index >= 15 is 0 Å². The van der Waals surface area contributed by atoms with Gasteiger partial charge in [0.1, 0.15) is 11.5 Å². The van der Waals surface area contributed by atoms with Crippen LogP contribution in [-0.2, 0) is 11.3 Å². The van der Waals surface area contributed by atoms with Crippen molar-refractivity contribution in [1.29, 1.82) is 0 Å². The Morgan fingerprint density at radius 1 is 1.11 bits per heavy atom. The molecular weight excluding hydrogens is 338 g/mol. The molecule has 3 aliphatic heterocycles. The highest BCUT2D eigenvalue weighted by molar-refractivity contribution is 6.10. The molecular formula is C21H19N5O. The van der Waals surface area contributed by atoms with Gasteiger partial charge in [0.25, 0.3) is 0 Å². The van der Waals surface area contributed by atoms with Crippen molar-refractivity contribution in [2.75, 3.05) is 23.4 Å². The monoisotopic (exact) mass is 357 g/mol. The lowest BCUT2D eigenvalue weighted by Gasteiger charge is -2.28. The highest BCUT2D eigenvalue weighted by atomic mass is 16.5. The minimum absolute atomic E-state index is 0.362. The summed E-state index contributed by atoms with van der Waals surface area (Å²) in [7, 11) is 0. The Bertz CT molecular complexity index is 1080. The predicted molar refractivity (Wildman–Crippen MR) is 105 cm³/mol. The van der Waals surface area contributed by atoms with E-state index in [9.17, 15) is 0 Å². The van der Waals surface area contributed by atoms with Gasteiger partial charge < -0.3 is 15.0 Å². The van der Waals surface area contributed by atoms with Crippen LogP contribution in [0.25, 0.3) is 10.8 Å². The topological polar surface area (TPSA) is 62.6 Å². The highest BCUT2D eigenvalue weighted by Crippen LogP contribution is 2.35. The first-order chi connectivity index (χ1) is 13.3. The molecule has 0 saturated carbocycles. The van der Waals surface area contributed by atoms with Crippen molar-refractivity contribution in [2.45, 2.75) is 25.1 Å². The van der Waals surface area contributed by atoms with Crippen molar-refractivity contribution >= 4 is 28.1 Å². The van der Waals surface area contributed by atoms with Gasteiger partial charge in [-0.1, -0.05) is 6.07 Å². The molecule has 6 rings (SSSR count). The van der Waals surface area contributed by atoms with Gasteiger partial charge in [-0.3, -0.25) is 9.98 Å². The first-order valence-electron chi connectivity index (χ1n) is 9.38. The number of pyridine rings is 2. The van der Waals surface area contributed by atoms with Gasteiger partial charge in [0.15, 0.2) is 5.84 Å². The molecule has 2 aromatic heterocycles. The summed E-state index contributed by atoms with van der Waals surface area (Å²) in [5, 5.41) is 5.80. The minimum atomic E-state index is 0.362. The van der Waals surface area contributed by atoms with Crippen LogP contribution in [0.3, 0.4) is 0 Å². The number of hydrogen-bond acceptors (Lipinski definition) is 6. The summed E-state index contributed by atoms with van der Waals surface area (Å²) in [6, 6.07) is 13.0. The van der Waals surface area contributed by atoms with E-state index in [0.717, 1.165) is 42.6 Å². The molecule has 27 heavy (non-hydrogen) atoms. The molecule has 0 aliphatic carbocycles. The maximum Gasteiger partial charge on any atom is 0.152 e. The number of aliphatic imine (C=N–C) groups is 1. The third-order valence-electron chi connectivity index (χ3n) is 5.70. The van der Waals surface area contributed by atoms with Crippen LogP contribution in [0.5, 0.6) is 0 Å². The molecule has 0 spiro atoms. The predicted octanol–water partition coefficient (Wildman–Crippen LogP) is 2.98. The SMILES string of the molecule is c1cnc2c(c1)CN=C2Nc1ccc2c(N3CC4CC3CO4)nccc2c1. The molecule has 1 N–H and O–H groups in total. The lowest BCUT2D eigenvalue weighted by atomic mass is 10.1. The van der Waals surface area contributed by atoms with Crippen LogP contribution in [0.1, 0.15) is 17.7 Å². The van der Waals surface area contributed by atoms with Gasteiger partial charge >= 0.3 is 0 Å². The number of fused-ring (bicyclic) bond motifs is 4. The molecule has 3 aliphatic rings. The second-order valence-electron chi connectivity index (χ2n) is 7.37. The van der Waals surface area contributed by atoms with E-state index in [0.29, 0.717) is 18.7 Å². The Kier molecular flexibility index (Phi) is 3.22. The first kappa shape index (κ1) is 15.1. The van der Waals surface area contributed by atoms with Crippen molar-refractivity contribution in [2.24, 2.45) is 4.99 Å². The van der Waals surface area contributed by atoms with Crippen LogP contribution in [0.15, 0.2) is 53.8 Å². The minimum Gasteiger partial charge on any atom is -0.374 e. The van der Waals surface area contributed by atoms with Crippen molar-refractivity contribution < 1.29 is 4.74 Å². The average molecular weight is 357 g/mol. The van der Waals surface area contributed by atoms with Gasteiger partial charge in [-0.2, -0.15) is 0 Å². The Labute approximate surface area is 156 Å². The summed E-state index contributed by atoms with van der Waals surface area (Å²) in [6.07, 6.45) is 5.19. The van der Waals surface area contributed by atoms with E-state index in [2.05, 4.69) is 55.5 Å². The maximum absolute atomic E-state index is 5.74. The largest absolute Gasteiger partial charge is 0.374 e. The Balaban J connectivity index is 1.33. The van der Waals surface area contributed by atoms with E-state index in [1.165, 1.54) is 16.3 Å². The molecule has 0 radical (unpaired) electrons. The number of aromatic nitrogens is 2. The standard InChI is InChI=1S/C21H19N5O/c1-2-14-10-24-20(19(14)22-6-1)25-15-3-4-18-13(8-15)5-7-23-21(18)26-11-17-9-16(26)12-27-17/h1-8,16-17H,9-12H2,(H,24,25). The number of hydrogen-bond donors (Lipinski definition) is 1. The second-order valence-corrected chi connectivity index (χ2v) is 7.37. The first-order valence-corrected chi connectivity index (χ1v) is 9.38. The number of amidine groups is 1. The molecule has 6 nitrogen and oxygen atoms in total. The second kappa shape index (κ2) is 5.76. The molecule has 2 atom stereocenters. The number of ether oxygens (including phenoxy) is 1. The van der Waals surface area contributed by atoms with E-state index in [1.54, 1.807) is 0 Å². The number of anilines is 2. The molecule has 2 bridgehead atoms. The smallest absolute Gasteiger partial charge is 0.152 e. The normalized spacial score (nSPS) is 23.0. The van der Waals surface area contributed by atoms with Crippen LogP contribution in [-0.4, -0.2) is 41.1 Å². The fraction of sp³-hybridized carbons (Fsp3) is 0.286. The van der Waals surface area contributed by atoms with E-state index in [-0.39, 0.29) is 0 Å². The quantitative estimate of drug-likeness (QED) is 0.764. The van der Waals surface area contributed by atoms with Crippen molar-refractivity contribution in [3.8, 4) is 0 Å². The molecule has 0 amide bonds. The molecule has 6 heteroatoms. The Morgan fingerprint density at radius 2 is 2.11 bits per heavy atom. The summed E-state index contributed by atoms with van der Waals surface area (Å²) >= 11 is 0. The summed E-state index contributed by atoms with van der Waals surface area (Å²) in [4.78, 5) is 16.2. The number of morpholine rings is 1. The average Bonchev–Trinajstić information content (AvgIpc) is 3.44. The van der Waals surface area contributed by atoms with Crippen molar-refractivity contribution in [3.63, 3.8) is 0 Å². The lowest BCUT2D eigenvalue weighted by Crippen LogP contribution is -2.37. The van der Waals surface area contributed by atoms with Crippen molar-refractivity contribution in [3.05, 3.63) is 60.0 Å². The van der Waals surface area contributed by atoms with Gasteiger partial charge in [-0.25, -0.2) is 4.98 Å². The highest BCUT2D eigenvalue weighted by Gasteiger charge is 2.40. The van der Waals surface area contributed by atoms with E-state index in [4.69, 9.17) is 4.74 Å². The third kappa shape index (κ3) is 2.40. The van der Waals surface area contributed by atoms with Crippen LogP contribution in [0.2, 0.25) is 0 Å². The summed E-state index contributed by atoms with van der Waals surface area (Å²) < 4.78 is 5.74. The van der Waals surface area contributed by atoms with Gasteiger partial charge in [0.05, 0.1) is 25.3 Å². The number of nitrogens with one attached hydrogen (secondary N) is 1. The number of benzene rings is 1. The Hall–Kier alpha value is -2.99. The van der Waals surface area contributed by atoms with Crippen molar-refractivity contribution in [1.82, 2.24) is 9.97 Å². The van der Waals surface area contributed by atoms with Gasteiger partial charge in [0, 0.05) is 35.6 Å². The van der Waals surface area contributed by atoms with Crippen LogP contribution in [0, 0.1) is 0 Å². The fourth-order valence-corrected chi connectivity index (χ4v) is 4.38. The van der Waals surface area contributed by atoms with E-state index < -0.39 is 0 Å². The zero-order valence-electron chi connectivity index (χ0n) is 14.8. The van der Waals surface area contributed by atoms with Gasteiger partial charge in [-0.15, -0.1) is 0 Å². The Morgan fingerprint density at radius 3 is 3.00 bits per heavy atom. The molecule has 134 valence electrons. The molecule has 1 aromatic carbocycles. The lowest BCUT2D eigenvalue weighted by molar-refractivity contribution is 0.0990. The molecule has 2 saturated heterocycles. The maximum atomic E-state index is 5.74. The van der Waals surface area contributed by atoms with Gasteiger partial charge in [0.2, 0.25) is 0 Å².